The van der Waals surface area contributed by atoms with Gasteiger partial charge in [-0.15, -0.1) is 0 Å². The SMILES string of the molecule is CCC(CC)C(C)n1c(C)nc(C(=O)OC)c1N. The number of ether oxygens (including phenoxy) is 1. The van der Waals surface area contributed by atoms with E-state index in [1.54, 1.807) is 0 Å². The summed E-state index contributed by atoms with van der Waals surface area (Å²) in [5.74, 6) is 1.20. The third-order valence-corrected chi connectivity index (χ3v) is 3.64. The molecule has 0 amide bonds. The lowest BCUT2D eigenvalue weighted by Gasteiger charge is -2.24. The van der Waals surface area contributed by atoms with Gasteiger partial charge < -0.3 is 15.0 Å². The van der Waals surface area contributed by atoms with Gasteiger partial charge in [0, 0.05) is 6.04 Å². The van der Waals surface area contributed by atoms with Crippen molar-refractivity contribution < 1.29 is 9.53 Å². The van der Waals surface area contributed by atoms with Crippen LogP contribution in [0.1, 0.15) is 56.0 Å². The summed E-state index contributed by atoms with van der Waals surface area (Å²) in [6, 6.07) is 0.228. The minimum absolute atomic E-state index is 0.216. The average Bonchev–Trinajstić information content (AvgIpc) is 2.65. The number of methoxy groups -OCH3 is 1. The lowest BCUT2D eigenvalue weighted by Crippen LogP contribution is -2.19. The van der Waals surface area contributed by atoms with Gasteiger partial charge in [-0.05, 0) is 19.8 Å². The number of nitrogens with zero attached hydrogens (tertiary/aromatic N) is 2. The number of nitrogens with two attached hydrogens (primary N) is 1. The van der Waals surface area contributed by atoms with Gasteiger partial charge in [0.05, 0.1) is 7.11 Å². The Bertz CT molecular complexity index is 422. The molecule has 1 unspecified atom stereocenters. The zero-order chi connectivity index (χ0) is 13.9. The first-order valence-corrected chi connectivity index (χ1v) is 6.40. The number of carbonyl (C=O) groups is 1. The summed E-state index contributed by atoms with van der Waals surface area (Å²) in [6.07, 6.45) is 2.14. The number of hydrogen-bond donors (Lipinski definition) is 1. The van der Waals surface area contributed by atoms with Crippen LogP contribution in [0.15, 0.2) is 0 Å². The number of imidazole rings is 1. The molecule has 5 heteroatoms. The lowest BCUT2D eigenvalue weighted by molar-refractivity contribution is 0.0595. The first-order valence-electron chi connectivity index (χ1n) is 6.40. The number of esters is 1. The van der Waals surface area contributed by atoms with Gasteiger partial charge in [0.25, 0.3) is 0 Å². The van der Waals surface area contributed by atoms with Crippen molar-refractivity contribution in [3.63, 3.8) is 0 Å². The molecular weight excluding hydrogens is 230 g/mol. The molecule has 5 nitrogen and oxygen atoms in total. The molecule has 1 atom stereocenters. The smallest absolute Gasteiger partial charge is 0.360 e. The van der Waals surface area contributed by atoms with Crippen LogP contribution in [0.3, 0.4) is 0 Å². The lowest BCUT2D eigenvalue weighted by atomic mass is 9.95. The molecule has 2 N–H and O–H groups in total. The Kier molecular flexibility index (Phi) is 4.76. The van der Waals surface area contributed by atoms with Gasteiger partial charge in [-0.3, -0.25) is 0 Å². The molecule has 0 saturated carbocycles. The van der Waals surface area contributed by atoms with Crippen molar-refractivity contribution in [3.05, 3.63) is 11.5 Å². The van der Waals surface area contributed by atoms with Crippen LogP contribution in [0.4, 0.5) is 5.82 Å². The fourth-order valence-electron chi connectivity index (χ4n) is 2.50. The fourth-order valence-corrected chi connectivity index (χ4v) is 2.50. The van der Waals surface area contributed by atoms with Crippen LogP contribution in [0, 0.1) is 12.8 Å². The average molecular weight is 253 g/mol. The van der Waals surface area contributed by atoms with Gasteiger partial charge in [0.15, 0.2) is 5.69 Å². The molecule has 102 valence electrons. The van der Waals surface area contributed by atoms with Crippen LogP contribution in [0.2, 0.25) is 0 Å². The van der Waals surface area contributed by atoms with Crippen molar-refractivity contribution in [2.45, 2.75) is 46.6 Å². The molecule has 0 bridgehead atoms. The molecule has 0 aliphatic rings. The molecule has 0 saturated heterocycles. The molecule has 1 aromatic rings. The van der Waals surface area contributed by atoms with E-state index in [1.165, 1.54) is 7.11 Å². The zero-order valence-electron chi connectivity index (χ0n) is 11.9. The van der Waals surface area contributed by atoms with E-state index in [-0.39, 0.29) is 11.7 Å². The second-order valence-electron chi connectivity index (χ2n) is 4.57. The van der Waals surface area contributed by atoms with Gasteiger partial charge in [-0.1, -0.05) is 26.7 Å². The Morgan fingerprint density at radius 3 is 2.44 bits per heavy atom. The first-order chi connectivity index (χ1) is 8.47. The van der Waals surface area contributed by atoms with E-state index in [2.05, 4.69) is 30.5 Å². The highest BCUT2D eigenvalue weighted by molar-refractivity contribution is 5.92. The number of hydrogen-bond acceptors (Lipinski definition) is 4. The van der Waals surface area contributed by atoms with Crippen LogP contribution >= 0.6 is 0 Å². The Hall–Kier alpha value is -1.52. The minimum Gasteiger partial charge on any atom is -0.464 e. The highest BCUT2D eigenvalue weighted by Gasteiger charge is 2.24. The molecule has 18 heavy (non-hydrogen) atoms. The van der Waals surface area contributed by atoms with Gasteiger partial charge in [0.1, 0.15) is 11.6 Å². The van der Waals surface area contributed by atoms with Crippen molar-refractivity contribution in [3.8, 4) is 0 Å². The molecular formula is C13H23N3O2. The van der Waals surface area contributed by atoms with Crippen molar-refractivity contribution in [1.29, 1.82) is 0 Å². The van der Waals surface area contributed by atoms with E-state index in [0.29, 0.717) is 11.7 Å². The van der Waals surface area contributed by atoms with Crippen molar-refractivity contribution in [2.75, 3.05) is 12.8 Å². The maximum absolute atomic E-state index is 11.6. The van der Waals surface area contributed by atoms with Crippen molar-refractivity contribution >= 4 is 11.8 Å². The number of carbonyl (C=O) groups excluding carboxylic acids is 1. The topological polar surface area (TPSA) is 70.1 Å². The molecule has 1 rings (SSSR count). The standard InChI is InChI=1S/C13H23N3O2/c1-6-10(7-2)8(3)16-9(4)15-11(12(16)14)13(17)18-5/h8,10H,6-7,14H2,1-5H3. The third kappa shape index (κ3) is 2.49. The maximum atomic E-state index is 11.6. The van der Waals surface area contributed by atoms with E-state index in [0.717, 1.165) is 18.7 Å². The van der Waals surface area contributed by atoms with Crippen molar-refractivity contribution in [1.82, 2.24) is 9.55 Å². The normalized spacial score (nSPS) is 12.8. The summed E-state index contributed by atoms with van der Waals surface area (Å²) < 4.78 is 6.62. The largest absolute Gasteiger partial charge is 0.464 e. The molecule has 1 heterocycles. The van der Waals surface area contributed by atoms with E-state index >= 15 is 0 Å². The molecule has 0 aromatic carbocycles. The van der Waals surface area contributed by atoms with Crippen LogP contribution in [0.25, 0.3) is 0 Å². The summed E-state index contributed by atoms with van der Waals surface area (Å²) in [7, 11) is 1.33. The van der Waals surface area contributed by atoms with Crippen LogP contribution in [-0.4, -0.2) is 22.6 Å². The van der Waals surface area contributed by atoms with E-state index < -0.39 is 5.97 Å². The predicted molar refractivity (Wildman–Crippen MR) is 71.5 cm³/mol. The highest BCUT2D eigenvalue weighted by atomic mass is 16.5. The van der Waals surface area contributed by atoms with E-state index in [4.69, 9.17) is 5.73 Å². The summed E-state index contributed by atoms with van der Waals surface area (Å²) >= 11 is 0. The minimum atomic E-state index is -0.480. The maximum Gasteiger partial charge on any atom is 0.360 e. The Balaban J connectivity index is 3.17. The summed E-state index contributed by atoms with van der Waals surface area (Å²) in [6.45, 7) is 8.30. The summed E-state index contributed by atoms with van der Waals surface area (Å²) in [5.41, 5.74) is 6.24. The summed E-state index contributed by atoms with van der Waals surface area (Å²) in [4.78, 5) is 15.8. The Morgan fingerprint density at radius 1 is 1.44 bits per heavy atom. The molecule has 0 aliphatic heterocycles. The van der Waals surface area contributed by atoms with Gasteiger partial charge >= 0.3 is 5.97 Å². The van der Waals surface area contributed by atoms with Crippen LogP contribution < -0.4 is 5.73 Å². The fraction of sp³-hybridized carbons (Fsp3) is 0.692. The first kappa shape index (κ1) is 14.5. The van der Waals surface area contributed by atoms with E-state index in [9.17, 15) is 4.79 Å². The second-order valence-corrected chi connectivity index (χ2v) is 4.57. The molecule has 0 radical (unpaired) electrons. The van der Waals surface area contributed by atoms with E-state index in [1.807, 2.05) is 11.5 Å². The number of rotatable bonds is 5. The van der Waals surface area contributed by atoms with Crippen LogP contribution in [0.5, 0.6) is 0 Å². The van der Waals surface area contributed by atoms with Crippen molar-refractivity contribution in [2.24, 2.45) is 5.92 Å². The molecule has 0 aliphatic carbocycles. The Morgan fingerprint density at radius 2 is 2.00 bits per heavy atom. The number of aryl methyl sites for hydroxylation is 1. The third-order valence-electron chi connectivity index (χ3n) is 3.64. The zero-order valence-corrected chi connectivity index (χ0v) is 11.9. The quantitative estimate of drug-likeness (QED) is 0.819. The number of nitrogen functional groups attached to an aromatic ring is 1. The monoisotopic (exact) mass is 253 g/mol. The van der Waals surface area contributed by atoms with Gasteiger partial charge in [0.2, 0.25) is 0 Å². The molecule has 0 spiro atoms. The summed E-state index contributed by atoms with van der Waals surface area (Å²) in [5, 5.41) is 0. The molecule has 1 aromatic heterocycles. The van der Waals surface area contributed by atoms with Gasteiger partial charge in [-0.25, -0.2) is 9.78 Å². The Labute approximate surface area is 108 Å². The van der Waals surface area contributed by atoms with Crippen LogP contribution in [-0.2, 0) is 4.74 Å². The number of aromatic nitrogens is 2. The second kappa shape index (κ2) is 5.89. The number of anilines is 1. The highest BCUT2D eigenvalue weighted by Crippen LogP contribution is 2.29. The predicted octanol–water partition coefficient (Wildman–Crippen LogP) is 2.56. The van der Waals surface area contributed by atoms with Gasteiger partial charge in [-0.2, -0.15) is 0 Å². The molecule has 0 fully saturated rings.